The van der Waals surface area contributed by atoms with Crippen molar-refractivity contribution in [2.75, 3.05) is 0 Å². The summed E-state index contributed by atoms with van der Waals surface area (Å²) in [6.07, 6.45) is 3.03. The van der Waals surface area contributed by atoms with Crippen LogP contribution in [0, 0.1) is 5.92 Å². The van der Waals surface area contributed by atoms with Crippen molar-refractivity contribution in [1.82, 2.24) is 4.90 Å². The van der Waals surface area contributed by atoms with E-state index in [9.17, 15) is 9.90 Å². The summed E-state index contributed by atoms with van der Waals surface area (Å²) in [6, 6.07) is 11.4. The van der Waals surface area contributed by atoms with E-state index >= 15 is 0 Å². The van der Waals surface area contributed by atoms with Gasteiger partial charge in [0.1, 0.15) is 0 Å². The zero-order chi connectivity index (χ0) is 12.7. The molecule has 3 nitrogen and oxygen atoms in total. The third-order valence-corrected chi connectivity index (χ3v) is 4.64. The molecule has 4 unspecified atom stereocenters. The number of carboxylic acids is 1. The van der Waals surface area contributed by atoms with Gasteiger partial charge in [0.15, 0.2) is 0 Å². The lowest BCUT2D eigenvalue weighted by Gasteiger charge is -2.30. The van der Waals surface area contributed by atoms with E-state index in [-0.39, 0.29) is 12.0 Å². The Morgan fingerprint density at radius 1 is 1.33 bits per heavy atom. The molecule has 3 heteroatoms. The Labute approximate surface area is 107 Å². The van der Waals surface area contributed by atoms with Gasteiger partial charge in [0, 0.05) is 18.1 Å². The molecule has 1 N–H and O–H groups in total. The highest BCUT2D eigenvalue weighted by Crippen LogP contribution is 2.46. The predicted octanol–water partition coefficient (Wildman–Crippen LogP) is 2.69. The molecule has 2 aliphatic rings. The lowest BCUT2D eigenvalue weighted by Crippen LogP contribution is -2.34. The van der Waals surface area contributed by atoms with Crippen molar-refractivity contribution in [3.05, 3.63) is 35.9 Å². The summed E-state index contributed by atoms with van der Waals surface area (Å²) in [5.41, 5.74) is 1.29. The third-order valence-electron chi connectivity index (χ3n) is 4.64. The fourth-order valence-corrected chi connectivity index (χ4v) is 3.80. The standard InChI is InChI=1S/C15H19NO2/c1-10(11-5-3-2-4-6-11)16-12-7-8-14(16)13(9-12)15(17)18/h2-6,10,12-14H,7-9H2,1H3,(H,17,18). The van der Waals surface area contributed by atoms with E-state index in [1.54, 1.807) is 0 Å². The lowest BCUT2D eigenvalue weighted by atomic mass is 9.89. The molecular formula is C15H19NO2. The largest absolute Gasteiger partial charge is 0.481 e. The van der Waals surface area contributed by atoms with Gasteiger partial charge in [-0.15, -0.1) is 0 Å². The number of hydrogen-bond donors (Lipinski definition) is 1. The average Bonchev–Trinajstić information content (AvgIpc) is 2.96. The highest BCUT2D eigenvalue weighted by atomic mass is 16.4. The molecule has 2 fully saturated rings. The van der Waals surface area contributed by atoms with E-state index in [1.807, 2.05) is 6.07 Å². The van der Waals surface area contributed by atoms with Crippen LogP contribution in [0.15, 0.2) is 30.3 Å². The maximum Gasteiger partial charge on any atom is 0.308 e. The maximum atomic E-state index is 11.3. The van der Waals surface area contributed by atoms with E-state index in [0.29, 0.717) is 12.1 Å². The van der Waals surface area contributed by atoms with Gasteiger partial charge in [-0.2, -0.15) is 0 Å². The molecule has 0 amide bonds. The van der Waals surface area contributed by atoms with Crippen LogP contribution in [0.1, 0.15) is 37.8 Å². The summed E-state index contributed by atoms with van der Waals surface area (Å²) >= 11 is 0. The molecule has 1 aromatic rings. The number of carbonyl (C=O) groups is 1. The monoisotopic (exact) mass is 245 g/mol. The molecular weight excluding hydrogens is 226 g/mol. The SMILES string of the molecule is CC(c1ccccc1)N1C2CCC1C(C(=O)O)C2. The second kappa shape index (κ2) is 4.39. The van der Waals surface area contributed by atoms with Crippen molar-refractivity contribution in [2.45, 2.75) is 44.3 Å². The highest BCUT2D eigenvalue weighted by molar-refractivity contribution is 5.71. The molecule has 0 saturated carbocycles. The van der Waals surface area contributed by atoms with Crippen LogP contribution in [0.5, 0.6) is 0 Å². The van der Waals surface area contributed by atoms with Crippen molar-refractivity contribution >= 4 is 5.97 Å². The van der Waals surface area contributed by atoms with Crippen LogP contribution in [0.4, 0.5) is 0 Å². The molecule has 2 saturated heterocycles. The van der Waals surface area contributed by atoms with Crippen LogP contribution < -0.4 is 0 Å². The predicted molar refractivity (Wildman–Crippen MR) is 69.2 cm³/mol. The van der Waals surface area contributed by atoms with Crippen molar-refractivity contribution in [1.29, 1.82) is 0 Å². The first-order valence-corrected chi connectivity index (χ1v) is 6.73. The van der Waals surface area contributed by atoms with Gasteiger partial charge in [-0.25, -0.2) is 0 Å². The summed E-state index contributed by atoms with van der Waals surface area (Å²) < 4.78 is 0. The molecule has 2 bridgehead atoms. The molecule has 3 rings (SSSR count). The van der Waals surface area contributed by atoms with Crippen LogP contribution in [-0.2, 0) is 4.79 Å². The van der Waals surface area contributed by atoms with E-state index < -0.39 is 5.97 Å². The van der Waals surface area contributed by atoms with Crippen LogP contribution in [-0.4, -0.2) is 28.1 Å². The molecule has 0 aromatic heterocycles. The molecule has 0 aliphatic carbocycles. The van der Waals surface area contributed by atoms with Gasteiger partial charge in [-0.1, -0.05) is 30.3 Å². The number of hydrogen-bond acceptors (Lipinski definition) is 2. The zero-order valence-electron chi connectivity index (χ0n) is 10.6. The Hall–Kier alpha value is -1.35. The smallest absolute Gasteiger partial charge is 0.308 e. The zero-order valence-corrected chi connectivity index (χ0v) is 10.6. The van der Waals surface area contributed by atoms with Crippen molar-refractivity contribution < 1.29 is 9.90 Å². The average molecular weight is 245 g/mol. The van der Waals surface area contributed by atoms with Gasteiger partial charge in [-0.05, 0) is 31.7 Å². The lowest BCUT2D eigenvalue weighted by molar-refractivity contribution is -0.142. The molecule has 1 aromatic carbocycles. The minimum atomic E-state index is -0.618. The molecule has 4 atom stereocenters. The van der Waals surface area contributed by atoms with Gasteiger partial charge in [0.2, 0.25) is 0 Å². The summed E-state index contributed by atoms with van der Waals surface area (Å²) in [5, 5.41) is 9.28. The molecule has 96 valence electrons. The maximum absolute atomic E-state index is 11.3. The first-order valence-electron chi connectivity index (χ1n) is 6.73. The number of aliphatic carboxylic acids is 1. The van der Waals surface area contributed by atoms with E-state index in [2.05, 4.69) is 36.1 Å². The summed E-state index contributed by atoms with van der Waals surface area (Å²) in [4.78, 5) is 13.7. The topological polar surface area (TPSA) is 40.5 Å². The third kappa shape index (κ3) is 1.74. The number of carboxylic acid groups (broad SMARTS) is 1. The van der Waals surface area contributed by atoms with Crippen LogP contribution in [0.25, 0.3) is 0 Å². The van der Waals surface area contributed by atoms with Crippen molar-refractivity contribution in [3.8, 4) is 0 Å². The fraction of sp³-hybridized carbons (Fsp3) is 0.533. The van der Waals surface area contributed by atoms with Crippen molar-refractivity contribution in [3.63, 3.8) is 0 Å². The summed E-state index contributed by atoms with van der Waals surface area (Å²) in [6.45, 7) is 2.20. The van der Waals surface area contributed by atoms with Gasteiger partial charge in [0.05, 0.1) is 5.92 Å². The Morgan fingerprint density at radius 2 is 2.06 bits per heavy atom. The summed E-state index contributed by atoms with van der Waals surface area (Å²) in [7, 11) is 0. The number of rotatable bonds is 3. The van der Waals surface area contributed by atoms with Crippen LogP contribution in [0.3, 0.4) is 0 Å². The minimum Gasteiger partial charge on any atom is -0.481 e. The Morgan fingerprint density at radius 3 is 2.67 bits per heavy atom. The molecule has 2 aliphatic heterocycles. The number of fused-ring (bicyclic) bond motifs is 2. The van der Waals surface area contributed by atoms with Gasteiger partial charge in [-0.3, -0.25) is 9.69 Å². The number of nitrogens with zero attached hydrogens (tertiary/aromatic N) is 1. The van der Waals surface area contributed by atoms with Crippen molar-refractivity contribution in [2.24, 2.45) is 5.92 Å². The molecule has 18 heavy (non-hydrogen) atoms. The van der Waals surface area contributed by atoms with E-state index in [0.717, 1.165) is 19.3 Å². The Kier molecular flexibility index (Phi) is 2.86. The quantitative estimate of drug-likeness (QED) is 0.890. The second-order valence-electron chi connectivity index (χ2n) is 5.51. The minimum absolute atomic E-state index is 0.157. The Bertz CT molecular complexity index is 445. The normalized spacial score (nSPS) is 32.6. The molecule has 0 radical (unpaired) electrons. The first kappa shape index (κ1) is 11.7. The fourth-order valence-electron chi connectivity index (χ4n) is 3.80. The number of benzene rings is 1. The van der Waals surface area contributed by atoms with Gasteiger partial charge < -0.3 is 5.11 Å². The van der Waals surface area contributed by atoms with Gasteiger partial charge >= 0.3 is 5.97 Å². The van der Waals surface area contributed by atoms with Crippen LogP contribution in [0.2, 0.25) is 0 Å². The summed E-state index contributed by atoms with van der Waals surface area (Å²) in [5.74, 6) is -0.776. The second-order valence-corrected chi connectivity index (χ2v) is 5.51. The van der Waals surface area contributed by atoms with Crippen LogP contribution >= 0.6 is 0 Å². The molecule has 0 spiro atoms. The Balaban J connectivity index is 1.84. The van der Waals surface area contributed by atoms with E-state index in [4.69, 9.17) is 0 Å². The molecule has 2 heterocycles. The first-order chi connectivity index (χ1) is 8.68. The highest BCUT2D eigenvalue weighted by Gasteiger charge is 2.50. The van der Waals surface area contributed by atoms with E-state index in [1.165, 1.54) is 5.56 Å². The van der Waals surface area contributed by atoms with Gasteiger partial charge in [0.25, 0.3) is 0 Å².